The van der Waals surface area contributed by atoms with Crippen LogP contribution in [0.15, 0.2) is 16.9 Å². The minimum Gasteiger partial charge on any atom is -0.396 e. The third kappa shape index (κ3) is 4.57. The first kappa shape index (κ1) is 12.4. The number of aliphatic hydroxyl groups excluding tert-OH is 1. The Morgan fingerprint density at radius 2 is 2.13 bits per heavy atom. The average Bonchev–Trinajstić information content (AvgIpc) is 2.26. The zero-order valence-electron chi connectivity index (χ0n) is 8.78. The van der Waals surface area contributed by atoms with Gasteiger partial charge in [-0.25, -0.2) is 9.97 Å². The summed E-state index contributed by atoms with van der Waals surface area (Å²) in [5, 5.41) is 12.0. The highest BCUT2D eigenvalue weighted by atomic mass is 79.9. The number of hydrogen-bond acceptors (Lipinski definition) is 4. The summed E-state index contributed by atoms with van der Waals surface area (Å²) in [5.41, 5.74) is 0. The van der Waals surface area contributed by atoms with Gasteiger partial charge in [-0.1, -0.05) is 13.3 Å². The van der Waals surface area contributed by atoms with Gasteiger partial charge in [0.05, 0.1) is 4.47 Å². The highest BCUT2D eigenvalue weighted by molar-refractivity contribution is 9.10. The summed E-state index contributed by atoms with van der Waals surface area (Å²) in [6.45, 7) is 3.16. The molecule has 0 aliphatic carbocycles. The average molecular weight is 274 g/mol. The van der Waals surface area contributed by atoms with E-state index in [4.69, 9.17) is 5.11 Å². The molecule has 0 aromatic carbocycles. The van der Waals surface area contributed by atoms with Crippen LogP contribution in [-0.2, 0) is 0 Å². The molecule has 0 radical (unpaired) electrons. The third-order valence-electron chi connectivity index (χ3n) is 2.28. The van der Waals surface area contributed by atoms with Crippen molar-refractivity contribution < 1.29 is 5.11 Å². The van der Waals surface area contributed by atoms with Gasteiger partial charge in [0, 0.05) is 25.5 Å². The molecule has 1 unspecified atom stereocenters. The van der Waals surface area contributed by atoms with E-state index in [0.717, 1.165) is 23.9 Å². The largest absolute Gasteiger partial charge is 0.396 e. The van der Waals surface area contributed by atoms with E-state index in [1.807, 2.05) is 0 Å². The molecule has 0 saturated carbocycles. The number of nitrogens with zero attached hydrogens (tertiary/aromatic N) is 2. The van der Waals surface area contributed by atoms with Gasteiger partial charge in [-0.15, -0.1) is 0 Å². The van der Waals surface area contributed by atoms with Gasteiger partial charge in [0.1, 0.15) is 0 Å². The van der Waals surface area contributed by atoms with Crippen LogP contribution in [0, 0.1) is 5.92 Å². The monoisotopic (exact) mass is 273 g/mol. The van der Waals surface area contributed by atoms with Gasteiger partial charge in [0.25, 0.3) is 0 Å². The van der Waals surface area contributed by atoms with Crippen LogP contribution >= 0.6 is 15.9 Å². The van der Waals surface area contributed by atoms with Crippen molar-refractivity contribution in [3.8, 4) is 0 Å². The summed E-state index contributed by atoms with van der Waals surface area (Å²) in [6.07, 6.45) is 5.29. The molecule has 0 spiro atoms. The molecule has 0 aliphatic heterocycles. The molecule has 84 valence electrons. The number of aliphatic hydroxyl groups is 1. The predicted octanol–water partition coefficient (Wildman–Crippen LogP) is 2.06. The number of halogens is 1. The van der Waals surface area contributed by atoms with Crippen LogP contribution < -0.4 is 5.32 Å². The topological polar surface area (TPSA) is 58.0 Å². The first-order valence-electron chi connectivity index (χ1n) is 5.08. The molecule has 1 atom stereocenters. The first-order valence-corrected chi connectivity index (χ1v) is 5.87. The fourth-order valence-corrected chi connectivity index (χ4v) is 1.48. The van der Waals surface area contributed by atoms with E-state index in [1.54, 1.807) is 12.4 Å². The van der Waals surface area contributed by atoms with Crippen molar-refractivity contribution in [3.05, 3.63) is 16.9 Å². The molecule has 0 saturated heterocycles. The van der Waals surface area contributed by atoms with Crippen molar-refractivity contribution in [3.63, 3.8) is 0 Å². The van der Waals surface area contributed by atoms with Crippen molar-refractivity contribution in [2.75, 3.05) is 18.5 Å². The van der Waals surface area contributed by atoms with Crippen LogP contribution in [0.1, 0.15) is 19.8 Å². The number of hydrogen-bond donors (Lipinski definition) is 2. The van der Waals surface area contributed by atoms with Crippen LogP contribution in [-0.4, -0.2) is 28.2 Å². The highest BCUT2D eigenvalue weighted by Crippen LogP contribution is 2.10. The van der Waals surface area contributed by atoms with Crippen LogP contribution in [0.25, 0.3) is 0 Å². The molecule has 1 heterocycles. The molecule has 0 bridgehead atoms. The standard InChI is InChI=1S/C10H16BrN3O/c1-2-8(3-4-15)5-12-10-13-6-9(11)7-14-10/h6-8,15H,2-5H2,1H3,(H,12,13,14). The first-order chi connectivity index (χ1) is 7.26. The van der Waals surface area contributed by atoms with Gasteiger partial charge < -0.3 is 10.4 Å². The van der Waals surface area contributed by atoms with E-state index in [-0.39, 0.29) is 6.61 Å². The number of nitrogens with one attached hydrogen (secondary N) is 1. The van der Waals surface area contributed by atoms with Crippen LogP contribution in [0.4, 0.5) is 5.95 Å². The second-order valence-electron chi connectivity index (χ2n) is 3.39. The Morgan fingerprint density at radius 3 is 2.67 bits per heavy atom. The van der Waals surface area contributed by atoms with Gasteiger partial charge in [-0.05, 0) is 28.3 Å². The Kier molecular flexibility index (Phi) is 5.57. The Bertz CT molecular complexity index is 279. The molecule has 0 amide bonds. The zero-order chi connectivity index (χ0) is 11.1. The molecular weight excluding hydrogens is 258 g/mol. The smallest absolute Gasteiger partial charge is 0.222 e. The lowest BCUT2D eigenvalue weighted by molar-refractivity contribution is 0.258. The predicted molar refractivity (Wildman–Crippen MR) is 63.7 cm³/mol. The van der Waals surface area contributed by atoms with E-state index in [1.165, 1.54) is 0 Å². The fraction of sp³-hybridized carbons (Fsp3) is 0.600. The number of aromatic nitrogens is 2. The maximum absolute atomic E-state index is 8.84. The van der Waals surface area contributed by atoms with E-state index < -0.39 is 0 Å². The summed E-state index contributed by atoms with van der Waals surface area (Å²) in [7, 11) is 0. The molecule has 5 heteroatoms. The fourth-order valence-electron chi connectivity index (χ4n) is 1.27. The molecule has 1 aromatic heterocycles. The minimum absolute atomic E-state index is 0.237. The van der Waals surface area contributed by atoms with Crippen molar-refractivity contribution in [2.45, 2.75) is 19.8 Å². The summed E-state index contributed by atoms with van der Waals surface area (Å²) in [4.78, 5) is 8.23. The summed E-state index contributed by atoms with van der Waals surface area (Å²) < 4.78 is 0.871. The van der Waals surface area contributed by atoms with Crippen molar-refractivity contribution in [1.29, 1.82) is 0 Å². The van der Waals surface area contributed by atoms with Gasteiger partial charge in [0.2, 0.25) is 5.95 Å². The Hall–Kier alpha value is -0.680. The maximum Gasteiger partial charge on any atom is 0.222 e. The lowest BCUT2D eigenvalue weighted by Crippen LogP contribution is -2.16. The van der Waals surface area contributed by atoms with E-state index in [9.17, 15) is 0 Å². The van der Waals surface area contributed by atoms with Crippen molar-refractivity contribution in [2.24, 2.45) is 5.92 Å². The normalized spacial score (nSPS) is 12.5. The Morgan fingerprint density at radius 1 is 1.47 bits per heavy atom. The Labute approximate surface area is 98.3 Å². The van der Waals surface area contributed by atoms with Gasteiger partial charge in [-0.2, -0.15) is 0 Å². The Balaban J connectivity index is 2.38. The third-order valence-corrected chi connectivity index (χ3v) is 2.69. The van der Waals surface area contributed by atoms with Gasteiger partial charge >= 0.3 is 0 Å². The van der Waals surface area contributed by atoms with Gasteiger partial charge in [-0.3, -0.25) is 0 Å². The lowest BCUT2D eigenvalue weighted by atomic mass is 10.0. The van der Waals surface area contributed by atoms with E-state index in [0.29, 0.717) is 11.9 Å². The van der Waals surface area contributed by atoms with Gasteiger partial charge in [0.15, 0.2) is 0 Å². The summed E-state index contributed by atoms with van der Waals surface area (Å²) >= 11 is 3.28. The maximum atomic E-state index is 8.84. The molecule has 0 fully saturated rings. The molecule has 4 nitrogen and oxygen atoms in total. The number of anilines is 1. The second-order valence-corrected chi connectivity index (χ2v) is 4.31. The zero-order valence-corrected chi connectivity index (χ0v) is 10.4. The molecular formula is C10H16BrN3O. The van der Waals surface area contributed by atoms with E-state index in [2.05, 4.69) is 38.1 Å². The molecule has 2 N–H and O–H groups in total. The van der Waals surface area contributed by atoms with Crippen molar-refractivity contribution >= 4 is 21.9 Å². The van der Waals surface area contributed by atoms with Crippen LogP contribution in [0.3, 0.4) is 0 Å². The van der Waals surface area contributed by atoms with Crippen LogP contribution in [0.2, 0.25) is 0 Å². The molecule has 1 aromatic rings. The van der Waals surface area contributed by atoms with Crippen molar-refractivity contribution in [1.82, 2.24) is 9.97 Å². The van der Waals surface area contributed by atoms with Crippen LogP contribution in [0.5, 0.6) is 0 Å². The molecule has 1 rings (SSSR count). The molecule has 15 heavy (non-hydrogen) atoms. The second kappa shape index (κ2) is 6.74. The highest BCUT2D eigenvalue weighted by Gasteiger charge is 2.05. The summed E-state index contributed by atoms with van der Waals surface area (Å²) in [5.74, 6) is 1.11. The SMILES string of the molecule is CCC(CCO)CNc1ncc(Br)cn1. The lowest BCUT2D eigenvalue weighted by Gasteiger charge is -2.13. The number of rotatable bonds is 6. The molecule has 0 aliphatic rings. The summed E-state index contributed by atoms with van der Waals surface area (Å²) in [6, 6.07) is 0. The van der Waals surface area contributed by atoms with E-state index >= 15 is 0 Å². The minimum atomic E-state index is 0.237. The quantitative estimate of drug-likeness (QED) is 0.833.